The molecule has 1 unspecified atom stereocenters. The van der Waals surface area contributed by atoms with Crippen molar-refractivity contribution >= 4 is 0 Å². The van der Waals surface area contributed by atoms with Gasteiger partial charge < -0.3 is 15.2 Å². The van der Waals surface area contributed by atoms with E-state index in [1.54, 1.807) is 19.2 Å². The third kappa shape index (κ3) is 3.00. The van der Waals surface area contributed by atoms with E-state index in [0.717, 1.165) is 28.0 Å². The molecule has 0 saturated heterocycles. The van der Waals surface area contributed by atoms with E-state index < -0.39 is 5.82 Å². The van der Waals surface area contributed by atoms with Crippen molar-refractivity contribution in [2.75, 3.05) is 14.2 Å². The van der Waals surface area contributed by atoms with Gasteiger partial charge >= 0.3 is 0 Å². The van der Waals surface area contributed by atoms with Crippen LogP contribution in [0.15, 0.2) is 30.3 Å². The van der Waals surface area contributed by atoms with Crippen molar-refractivity contribution in [1.29, 1.82) is 0 Å². The van der Waals surface area contributed by atoms with E-state index in [1.165, 1.54) is 13.2 Å². The Kier molecular flexibility index (Phi) is 4.48. The largest absolute Gasteiger partial charge is 0.496 e. The van der Waals surface area contributed by atoms with Crippen molar-refractivity contribution in [2.45, 2.75) is 19.9 Å². The maximum absolute atomic E-state index is 13.5. The first-order valence-electron chi connectivity index (χ1n) is 6.72. The van der Waals surface area contributed by atoms with Crippen molar-refractivity contribution in [2.24, 2.45) is 5.73 Å². The topological polar surface area (TPSA) is 44.5 Å². The number of rotatable bonds is 4. The third-order valence-electron chi connectivity index (χ3n) is 3.58. The van der Waals surface area contributed by atoms with Crippen molar-refractivity contribution in [1.82, 2.24) is 0 Å². The number of methoxy groups -OCH3 is 2. The Balaban J connectivity index is 2.42. The number of hydrogen-bond acceptors (Lipinski definition) is 3. The number of nitrogens with two attached hydrogens (primary N) is 1. The van der Waals surface area contributed by atoms with E-state index in [0.29, 0.717) is 0 Å². The highest BCUT2D eigenvalue weighted by atomic mass is 19.1. The first-order valence-corrected chi connectivity index (χ1v) is 6.72. The fraction of sp³-hybridized carbons (Fsp3) is 0.294. The summed E-state index contributed by atoms with van der Waals surface area (Å²) in [7, 11) is 3.09. The molecule has 112 valence electrons. The minimum atomic E-state index is -0.393. The second-order valence-electron chi connectivity index (χ2n) is 5.06. The number of ether oxygens (including phenoxy) is 2. The normalized spacial score (nSPS) is 12.1. The summed E-state index contributed by atoms with van der Waals surface area (Å²) in [6.07, 6.45) is 0. The predicted molar refractivity (Wildman–Crippen MR) is 81.5 cm³/mol. The Morgan fingerprint density at radius 2 is 1.57 bits per heavy atom. The monoisotopic (exact) mass is 289 g/mol. The molecule has 0 spiro atoms. The van der Waals surface area contributed by atoms with Gasteiger partial charge in [-0.2, -0.15) is 0 Å². The molecule has 2 rings (SSSR count). The molecule has 2 aromatic rings. The molecule has 0 bridgehead atoms. The SMILES string of the molecule is COc1cc(C(N)c2cc(C)c(OC)c(C)c2)ccc1F. The second-order valence-corrected chi connectivity index (χ2v) is 5.06. The first kappa shape index (κ1) is 15.3. The Bertz CT molecular complexity index is 632. The molecule has 0 radical (unpaired) electrons. The van der Waals surface area contributed by atoms with Crippen LogP contribution < -0.4 is 15.2 Å². The zero-order valence-corrected chi connectivity index (χ0v) is 12.7. The van der Waals surface area contributed by atoms with Crippen LogP contribution in [0.4, 0.5) is 4.39 Å². The molecular weight excluding hydrogens is 269 g/mol. The minimum Gasteiger partial charge on any atom is -0.496 e. The molecule has 2 N–H and O–H groups in total. The molecule has 0 aliphatic heterocycles. The average molecular weight is 289 g/mol. The van der Waals surface area contributed by atoms with Gasteiger partial charge in [-0.1, -0.05) is 18.2 Å². The van der Waals surface area contributed by atoms with Crippen molar-refractivity contribution in [3.63, 3.8) is 0 Å². The first-order chi connectivity index (χ1) is 9.97. The van der Waals surface area contributed by atoms with Gasteiger partial charge in [0.2, 0.25) is 0 Å². The summed E-state index contributed by atoms with van der Waals surface area (Å²) in [4.78, 5) is 0. The lowest BCUT2D eigenvalue weighted by atomic mass is 9.95. The van der Waals surface area contributed by atoms with Crippen LogP contribution in [0.3, 0.4) is 0 Å². The van der Waals surface area contributed by atoms with Gasteiger partial charge in [-0.15, -0.1) is 0 Å². The molecule has 0 aliphatic rings. The Morgan fingerprint density at radius 1 is 0.952 bits per heavy atom. The molecule has 0 aromatic heterocycles. The van der Waals surface area contributed by atoms with Crippen LogP contribution in [0.1, 0.15) is 28.3 Å². The van der Waals surface area contributed by atoms with Crippen LogP contribution >= 0.6 is 0 Å². The highest BCUT2D eigenvalue weighted by Crippen LogP contribution is 2.30. The Labute approximate surface area is 124 Å². The lowest BCUT2D eigenvalue weighted by molar-refractivity contribution is 0.385. The van der Waals surface area contributed by atoms with Crippen molar-refractivity contribution in [3.05, 3.63) is 58.4 Å². The minimum absolute atomic E-state index is 0.199. The Morgan fingerprint density at radius 3 is 2.10 bits per heavy atom. The van der Waals surface area contributed by atoms with Crippen LogP contribution in [-0.2, 0) is 0 Å². The molecule has 4 heteroatoms. The molecule has 0 aliphatic carbocycles. The highest BCUT2D eigenvalue weighted by molar-refractivity contribution is 5.46. The quantitative estimate of drug-likeness (QED) is 0.936. The standard InChI is InChI=1S/C17H20FNO2/c1-10-7-13(8-11(2)17(10)21-4)16(19)12-5-6-14(18)15(9-12)20-3/h5-9,16H,19H2,1-4H3. The van der Waals surface area contributed by atoms with Gasteiger partial charge in [-0.25, -0.2) is 4.39 Å². The van der Waals surface area contributed by atoms with Crippen LogP contribution in [0.2, 0.25) is 0 Å². The summed E-state index contributed by atoms with van der Waals surface area (Å²) in [6, 6.07) is 8.32. The van der Waals surface area contributed by atoms with Gasteiger partial charge in [0, 0.05) is 0 Å². The molecule has 0 fully saturated rings. The summed E-state index contributed by atoms with van der Waals surface area (Å²) in [5.74, 6) is 0.670. The average Bonchev–Trinajstić information content (AvgIpc) is 2.46. The van der Waals surface area contributed by atoms with Crippen molar-refractivity contribution < 1.29 is 13.9 Å². The molecule has 0 amide bonds. The molecular formula is C17H20FNO2. The van der Waals surface area contributed by atoms with Crippen LogP contribution in [0, 0.1) is 19.7 Å². The summed E-state index contributed by atoms with van der Waals surface area (Å²) in [5.41, 5.74) is 10.1. The van der Waals surface area contributed by atoms with E-state index in [1.807, 2.05) is 26.0 Å². The number of benzene rings is 2. The molecule has 21 heavy (non-hydrogen) atoms. The number of halogens is 1. The molecule has 0 saturated carbocycles. The van der Waals surface area contributed by atoms with Crippen LogP contribution in [-0.4, -0.2) is 14.2 Å². The van der Waals surface area contributed by atoms with E-state index >= 15 is 0 Å². The maximum Gasteiger partial charge on any atom is 0.165 e. The van der Waals surface area contributed by atoms with Gasteiger partial charge in [0.1, 0.15) is 5.75 Å². The van der Waals surface area contributed by atoms with Crippen molar-refractivity contribution in [3.8, 4) is 11.5 Å². The second kappa shape index (κ2) is 6.14. The molecule has 0 heterocycles. The van der Waals surface area contributed by atoms with Gasteiger partial charge in [-0.3, -0.25) is 0 Å². The predicted octanol–water partition coefficient (Wildman–Crippen LogP) is 3.51. The van der Waals surface area contributed by atoms with Gasteiger partial charge in [-0.05, 0) is 48.2 Å². The van der Waals surface area contributed by atoms with Crippen LogP contribution in [0.25, 0.3) is 0 Å². The van der Waals surface area contributed by atoms with E-state index in [9.17, 15) is 4.39 Å². The lowest BCUT2D eigenvalue weighted by Gasteiger charge is -2.17. The van der Waals surface area contributed by atoms with Gasteiger partial charge in [0.05, 0.1) is 20.3 Å². The third-order valence-corrected chi connectivity index (χ3v) is 3.58. The maximum atomic E-state index is 13.5. The highest BCUT2D eigenvalue weighted by Gasteiger charge is 2.15. The lowest BCUT2D eigenvalue weighted by Crippen LogP contribution is -2.13. The molecule has 3 nitrogen and oxygen atoms in total. The smallest absolute Gasteiger partial charge is 0.165 e. The van der Waals surface area contributed by atoms with E-state index in [-0.39, 0.29) is 11.8 Å². The van der Waals surface area contributed by atoms with Gasteiger partial charge in [0.15, 0.2) is 11.6 Å². The summed E-state index contributed by atoms with van der Waals surface area (Å²) in [5, 5.41) is 0. The summed E-state index contributed by atoms with van der Waals surface area (Å²) < 4.78 is 23.8. The molecule has 1 atom stereocenters. The van der Waals surface area contributed by atoms with E-state index in [2.05, 4.69) is 0 Å². The number of aryl methyl sites for hydroxylation is 2. The Hall–Kier alpha value is -2.07. The summed E-state index contributed by atoms with van der Waals surface area (Å²) >= 11 is 0. The van der Waals surface area contributed by atoms with Gasteiger partial charge in [0.25, 0.3) is 0 Å². The number of hydrogen-bond donors (Lipinski definition) is 1. The van der Waals surface area contributed by atoms with Crippen LogP contribution in [0.5, 0.6) is 11.5 Å². The fourth-order valence-corrected chi connectivity index (χ4v) is 2.55. The fourth-order valence-electron chi connectivity index (χ4n) is 2.55. The van der Waals surface area contributed by atoms with E-state index in [4.69, 9.17) is 15.2 Å². The zero-order valence-electron chi connectivity index (χ0n) is 12.7. The molecule has 2 aromatic carbocycles. The zero-order chi connectivity index (χ0) is 15.6. The summed E-state index contributed by atoms with van der Waals surface area (Å²) in [6.45, 7) is 3.96.